The van der Waals surface area contributed by atoms with Crippen LogP contribution >= 0.6 is 0 Å². The van der Waals surface area contributed by atoms with E-state index in [1.54, 1.807) is 4.90 Å². The number of hydrogen-bond acceptors (Lipinski definition) is 3. The minimum absolute atomic E-state index is 0.0489. The molecule has 0 spiro atoms. The molecule has 0 bridgehead atoms. The predicted molar refractivity (Wildman–Crippen MR) is 67.7 cm³/mol. The molecule has 3 rings (SSSR count). The summed E-state index contributed by atoms with van der Waals surface area (Å²) in [5.74, 6) is 0.365. The Kier molecular flexibility index (Phi) is 2.80. The Balaban J connectivity index is 1.91. The van der Waals surface area contributed by atoms with Crippen LogP contribution in [-0.2, 0) is 4.74 Å². The van der Waals surface area contributed by atoms with Gasteiger partial charge in [0, 0.05) is 18.5 Å². The number of furan rings is 1. The van der Waals surface area contributed by atoms with Crippen molar-refractivity contribution in [2.24, 2.45) is 0 Å². The first-order valence-electron chi connectivity index (χ1n) is 6.11. The summed E-state index contributed by atoms with van der Waals surface area (Å²) in [5, 5.41) is 0.978. The maximum absolute atomic E-state index is 12.2. The Morgan fingerprint density at radius 1 is 1.22 bits per heavy atom. The molecule has 0 radical (unpaired) electrons. The van der Waals surface area contributed by atoms with Crippen molar-refractivity contribution >= 4 is 16.9 Å². The Morgan fingerprint density at radius 2 is 2.00 bits per heavy atom. The summed E-state index contributed by atoms with van der Waals surface area (Å²) in [6.07, 6.45) is 0. The number of morpholine rings is 1. The molecule has 2 aromatic rings. The summed E-state index contributed by atoms with van der Waals surface area (Å²) >= 11 is 0. The van der Waals surface area contributed by atoms with E-state index in [1.807, 2.05) is 31.2 Å². The summed E-state index contributed by atoms with van der Waals surface area (Å²) in [4.78, 5) is 14.0. The topological polar surface area (TPSA) is 42.7 Å². The highest BCUT2D eigenvalue weighted by atomic mass is 16.5. The lowest BCUT2D eigenvalue weighted by Gasteiger charge is -2.25. The zero-order valence-corrected chi connectivity index (χ0v) is 10.3. The first-order valence-corrected chi connectivity index (χ1v) is 6.11. The van der Waals surface area contributed by atoms with Gasteiger partial charge in [-0.15, -0.1) is 0 Å². The van der Waals surface area contributed by atoms with E-state index >= 15 is 0 Å². The van der Waals surface area contributed by atoms with Crippen LogP contribution in [0.15, 0.2) is 28.7 Å². The smallest absolute Gasteiger partial charge is 0.289 e. The van der Waals surface area contributed by atoms with Crippen molar-refractivity contribution in [1.29, 1.82) is 0 Å². The highest BCUT2D eigenvalue weighted by molar-refractivity contribution is 5.96. The SMILES string of the molecule is Cc1ccc2oc(C(=O)N3CCOCC3)cc2c1. The third-order valence-electron chi connectivity index (χ3n) is 3.18. The molecule has 2 heterocycles. The molecule has 4 nitrogen and oxygen atoms in total. The number of hydrogen-bond donors (Lipinski definition) is 0. The molecule has 1 amide bonds. The van der Waals surface area contributed by atoms with Gasteiger partial charge in [0.2, 0.25) is 0 Å². The van der Waals surface area contributed by atoms with Crippen molar-refractivity contribution in [2.75, 3.05) is 26.3 Å². The van der Waals surface area contributed by atoms with Gasteiger partial charge in [0.1, 0.15) is 5.58 Å². The monoisotopic (exact) mass is 245 g/mol. The lowest BCUT2D eigenvalue weighted by Crippen LogP contribution is -2.40. The fraction of sp³-hybridized carbons (Fsp3) is 0.357. The molecular formula is C14H15NO3. The highest BCUT2D eigenvalue weighted by Gasteiger charge is 2.21. The molecular weight excluding hydrogens is 230 g/mol. The normalized spacial score (nSPS) is 16.2. The largest absolute Gasteiger partial charge is 0.451 e. The molecule has 18 heavy (non-hydrogen) atoms. The Morgan fingerprint density at radius 3 is 2.78 bits per heavy atom. The third kappa shape index (κ3) is 1.99. The molecule has 94 valence electrons. The van der Waals surface area contributed by atoms with Gasteiger partial charge in [-0.2, -0.15) is 0 Å². The van der Waals surface area contributed by atoms with E-state index in [2.05, 4.69) is 0 Å². The molecule has 1 fully saturated rings. The number of ether oxygens (including phenoxy) is 1. The number of benzene rings is 1. The van der Waals surface area contributed by atoms with Crippen LogP contribution in [0.3, 0.4) is 0 Å². The second kappa shape index (κ2) is 4.46. The van der Waals surface area contributed by atoms with E-state index in [-0.39, 0.29) is 5.91 Å². The van der Waals surface area contributed by atoms with Crippen LogP contribution < -0.4 is 0 Å². The number of amides is 1. The maximum Gasteiger partial charge on any atom is 0.289 e. The highest BCUT2D eigenvalue weighted by Crippen LogP contribution is 2.21. The standard InChI is InChI=1S/C14H15NO3/c1-10-2-3-12-11(8-10)9-13(18-12)14(16)15-4-6-17-7-5-15/h2-3,8-9H,4-7H2,1H3. The van der Waals surface area contributed by atoms with Crippen LogP contribution in [0, 0.1) is 6.92 Å². The molecule has 0 atom stereocenters. The summed E-state index contributed by atoms with van der Waals surface area (Å²) < 4.78 is 10.8. The van der Waals surface area contributed by atoms with Crippen LogP contribution in [0.4, 0.5) is 0 Å². The van der Waals surface area contributed by atoms with Crippen molar-refractivity contribution in [3.05, 3.63) is 35.6 Å². The molecule has 1 aromatic heterocycles. The quantitative estimate of drug-likeness (QED) is 0.773. The van der Waals surface area contributed by atoms with Gasteiger partial charge in [0.25, 0.3) is 5.91 Å². The number of carbonyl (C=O) groups excluding carboxylic acids is 1. The molecule has 4 heteroatoms. The van der Waals surface area contributed by atoms with Crippen molar-refractivity contribution in [1.82, 2.24) is 4.90 Å². The fourth-order valence-corrected chi connectivity index (χ4v) is 2.19. The minimum Gasteiger partial charge on any atom is -0.451 e. The number of rotatable bonds is 1. The first-order chi connectivity index (χ1) is 8.74. The van der Waals surface area contributed by atoms with Crippen molar-refractivity contribution in [3.63, 3.8) is 0 Å². The molecule has 0 aliphatic carbocycles. The molecule has 1 saturated heterocycles. The molecule has 1 aliphatic rings. The van der Waals surface area contributed by atoms with Gasteiger partial charge < -0.3 is 14.1 Å². The molecule has 0 unspecified atom stereocenters. The van der Waals surface area contributed by atoms with E-state index in [9.17, 15) is 4.79 Å². The van der Waals surface area contributed by atoms with E-state index in [0.717, 1.165) is 16.5 Å². The molecule has 1 aliphatic heterocycles. The maximum atomic E-state index is 12.2. The van der Waals surface area contributed by atoms with Gasteiger partial charge in [-0.1, -0.05) is 11.6 Å². The van der Waals surface area contributed by atoms with Gasteiger partial charge in [-0.05, 0) is 25.1 Å². The molecule has 1 aromatic carbocycles. The summed E-state index contributed by atoms with van der Waals surface area (Å²) in [6, 6.07) is 7.73. The zero-order chi connectivity index (χ0) is 12.5. The number of nitrogens with zero attached hydrogens (tertiary/aromatic N) is 1. The molecule has 0 saturated carbocycles. The Hall–Kier alpha value is -1.81. The van der Waals surface area contributed by atoms with Crippen molar-refractivity contribution < 1.29 is 13.9 Å². The number of aryl methyl sites for hydroxylation is 1. The summed E-state index contributed by atoms with van der Waals surface area (Å²) in [5.41, 5.74) is 1.92. The minimum atomic E-state index is -0.0489. The number of fused-ring (bicyclic) bond motifs is 1. The van der Waals surface area contributed by atoms with Gasteiger partial charge in [-0.3, -0.25) is 4.79 Å². The second-order valence-electron chi connectivity index (χ2n) is 4.56. The Bertz CT molecular complexity index is 582. The van der Waals surface area contributed by atoms with Gasteiger partial charge in [0.05, 0.1) is 13.2 Å². The summed E-state index contributed by atoms with van der Waals surface area (Å²) in [7, 11) is 0. The lowest BCUT2D eigenvalue weighted by molar-refractivity contribution is 0.0284. The van der Waals surface area contributed by atoms with Crippen molar-refractivity contribution in [3.8, 4) is 0 Å². The average molecular weight is 245 g/mol. The van der Waals surface area contributed by atoms with Crippen LogP contribution in [0.2, 0.25) is 0 Å². The van der Waals surface area contributed by atoms with Gasteiger partial charge in [-0.25, -0.2) is 0 Å². The Labute approximate surface area is 105 Å². The average Bonchev–Trinajstić information content (AvgIpc) is 2.81. The van der Waals surface area contributed by atoms with Crippen LogP contribution in [0.5, 0.6) is 0 Å². The first kappa shape index (κ1) is 11.3. The van der Waals surface area contributed by atoms with E-state index in [0.29, 0.717) is 32.1 Å². The van der Waals surface area contributed by atoms with Crippen LogP contribution in [0.1, 0.15) is 16.1 Å². The van der Waals surface area contributed by atoms with E-state index < -0.39 is 0 Å². The summed E-state index contributed by atoms with van der Waals surface area (Å²) in [6.45, 7) is 4.50. The van der Waals surface area contributed by atoms with Crippen LogP contribution in [-0.4, -0.2) is 37.1 Å². The number of carbonyl (C=O) groups is 1. The second-order valence-corrected chi connectivity index (χ2v) is 4.56. The predicted octanol–water partition coefficient (Wildman–Crippen LogP) is 2.21. The van der Waals surface area contributed by atoms with Crippen molar-refractivity contribution in [2.45, 2.75) is 6.92 Å². The molecule has 0 N–H and O–H groups in total. The van der Waals surface area contributed by atoms with Gasteiger partial charge >= 0.3 is 0 Å². The zero-order valence-electron chi connectivity index (χ0n) is 10.3. The fourth-order valence-electron chi connectivity index (χ4n) is 2.19. The third-order valence-corrected chi connectivity index (χ3v) is 3.18. The van der Waals surface area contributed by atoms with E-state index in [1.165, 1.54) is 0 Å². The lowest BCUT2D eigenvalue weighted by atomic mass is 10.2. The van der Waals surface area contributed by atoms with E-state index in [4.69, 9.17) is 9.15 Å². The van der Waals surface area contributed by atoms with Crippen LogP contribution in [0.25, 0.3) is 11.0 Å². The van der Waals surface area contributed by atoms with Gasteiger partial charge in [0.15, 0.2) is 5.76 Å².